The summed E-state index contributed by atoms with van der Waals surface area (Å²) < 4.78 is 37.3. The molecule has 4 N–H and O–H groups in total. The van der Waals surface area contributed by atoms with Crippen LogP contribution in [0.1, 0.15) is 17.2 Å². The molecular weight excluding hydrogens is 325 g/mol. The zero-order valence-corrected chi connectivity index (χ0v) is 12.3. The molecule has 0 aliphatic heterocycles. The average Bonchev–Trinajstić information content (AvgIpc) is 2.55. The zero-order chi connectivity index (χ0) is 18.2. The van der Waals surface area contributed by atoms with Crippen LogP contribution in [0.3, 0.4) is 0 Å². The van der Waals surface area contributed by atoms with Crippen LogP contribution < -0.4 is 11.1 Å². The maximum absolute atomic E-state index is 12.4. The zero-order valence-electron chi connectivity index (χ0n) is 12.3. The van der Waals surface area contributed by atoms with Gasteiger partial charge in [0.1, 0.15) is 6.04 Å². The Morgan fingerprint density at radius 3 is 2.04 bits per heavy atom. The van der Waals surface area contributed by atoms with Crippen LogP contribution in [0.4, 0.5) is 18.9 Å². The second kappa shape index (κ2) is 8.68. The fraction of sp³-hybridized carbons (Fsp3) is 0.125. The summed E-state index contributed by atoms with van der Waals surface area (Å²) in [7, 11) is 0. The predicted octanol–water partition coefficient (Wildman–Crippen LogP) is 3.04. The Hall–Kier alpha value is -2.87. The van der Waals surface area contributed by atoms with Crippen LogP contribution in [0.25, 0.3) is 0 Å². The summed E-state index contributed by atoms with van der Waals surface area (Å²) in [6.45, 7) is -0.250. The molecule has 1 amide bonds. The number of hydrogen-bond donors (Lipinski definition) is 3. The van der Waals surface area contributed by atoms with Crippen molar-refractivity contribution in [2.24, 2.45) is 5.73 Å². The van der Waals surface area contributed by atoms with Crippen LogP contribution in [-0.2, 0) is 15.8 Å². The molecule has 0 fully saturated rings. The lowest BCUT2D eigenvalue weighted by atomic mass is 10.1. The smallest absolute Gasteiger partial charge is 0.416 e. The highest BCUT2D eigenvalue weighted by atomic mass is 19.4. The van der Waals surface area contributed by atoms with Crippen LogP contribution in [0.5, 0.6) is 0 Å². The Kier molecular flexibility index (Phi) is 6.94. The van der Waals surface area contributed by atoms with Gasteiger partial charge < -0.3 is 16.2 Å². The van der Waals surface area contributed by atoms with Gasteiger partial charge in [-0.25, -0.2) is 0 Å². The van der Waals surface area contributed by atoms with Crippen molar-refractivity contribution < 1.29 is 27.9 Å². The summed E-state index contributed by atoms with van der Waals surface area (Å²) >= 11 is 0. The number of rotatable bonds is 3. The highest BCUT2D eigenvalue weighted by molar-refractivity contribution is 5.95. The van der Waals surface area contributed by atoms with Crippen molar-refractivity contribution in [3.05, 3.63) is 65.7 Å². The van der Waals surface area contributed by atoms with E-state index in [1.54, 1.807) is 30.3 Å². The van der Waals surface area contributed by atoms with Gasteiger partial charge in [-0.3, -0.25) is 9.59 Å². The number of carbonyl (C=O) groups is 2. The Morgan fingerprint density at radius 1 is 1.08 bits per heavy atom. The quantitative estimate of drug-likeness (QED) is 0.749. The standard InChI is InChI=1S/C15H13F3N2O.CH2O2/c16-15(17,18)11-6-8-12(9-7-11)20-14(21)13(19)10-4-2-1-3-5-10;2-1-3/h1-9,13H,19H2,(H,20,21);1H,(H,2,3). The minimum absolute atomic E-state index is 0.250. The minimum atomic E-state index is -4.40. The largest absolute Gasteiger partial charge is 0.483 e. The predicted molar refractivity (Wildman–Crippen MR) is 82.1 cm³/mol. The van der Waals surface area contributed by atoms with Gasteiger partial charge in [0.15, 0.2) is 0 Å². The molecule has 5 nitrogen and oxygen atoms in total. The van der Waals surface area contributed by atoms with Crippen LogP contribution >= 0.6 is 0 Å². The lowest BCUT2D eigenvalue weighted by Gasteiger charge is -2.13. The van der Waals surface area contributed by atoms with Gasteiger partial charge in [-0.15, -0.1) is 0 Å². The number of alkyl halides is 3. The van der Waals surface area contributed by atoms with E-state index in [2.05, 4.69) is 5.32 Å². The summed E-state index contributed by atoms with van der Waals surface area (Å²) in [5.41, 5.74) is 5.91. The third-order valence-corrected chi connectivity index (χ3v) is 2.92. The third-order valence-electron chi connectivity index (χ3n) is 2.92. The van der Waals surface area contributed by atoms with E-state index in [0.717, 1.165) is 12.1 Å². The first kappa shape index (κ1) is 19.2. The van der Waals surface area contributed by atoms with E-state index in [1.807, 2.05) is 0 Å². The third kappa shape index (κ3) is 5.73. The lowest BCUT2D eigenvalue weighted by molar-refractivity contribution is -0.137. The molecule has 1 unspecified atom stereocenters. The van der Waals surface area contributed by atoms with E-state index in [0.29, 0.717) is 5.56 Å². The van der Waals surface area contributed by atoms with Crippen LogP contribution in [-0.4, -0.2) is 17.5 Å². The summed E-state index contributed by atoms with van der Waals surface area (Å²) in [4.78, 5) is 20.3. The van der Waals surface area contributed by atoms with E-state index in [1.165, 1.54) is 12.1 Å². The van der Waals surface area contributed by atoms with Crippen molar-refractivity contribution in [2.75, 3.05) is 5.32 Å². The van der Waals surface area contributed by atoms with Gasteiger partial charge in [0.2, 0.25) is 5.91 Å². The molecule has 0 spiro atoms. The van der Waals surface area contributed by atoms with Gasteiger partial charge in [-0.2, -0.15) is 13.2 Å². The fourth-order valence-electron chi connectivity index (χ4n) is 1.77. The van der Waals surface area contributed by atoms with Crippen molar-refractivity contribution in [3.8, 4) is 0 Å². The maximum atomic E-state index is 12.4. The number of halogens is 3. The summed E-state index contributed by atoms with van der Waals surface area (Å²) in [5.74, 6) is -0.485. The molecule has 2 aromatic carbocycles. The van der Waals surface area contributed by atoms with Gasteiger partial charge in [-0.1, -0.05) is 30.3 Å². The van der Waals surface area contributed by atoms with Gasteiger partial charge in [0.25, 0.3) is 6.47 Å². The fourth-order valence-corrected chi connectivity index (χ4v) is 1.77. The number of anilines is 1. The van der Waals surface area contributed by atoms with Gasteiger partial charge in [0.05, 0.1) is 5.56 Å². The lowest BCUT2D eigenvalue weighted by Crippen LogP contribution is -2.27. The Labute approximate surface area is 135 Å². The van der Waals surface area contributed by atoms with E-state index < -0.39 is 23.7 Å². The molecule has 0 radical (unpaired) electrons. The molecule has 0 aromatic heterocycles. The first-order valence-corrected chi connectivity index (χ1v) is 6.66. The topological polar surface area (TPSA) is 92.4 Å². The summed E-state index contributed by atoms with van der Waals surface area (Å²) in [5, 5.41) is 9.38. The molecule has 8 heteroatoms. The number of carboxylic acid groups (broad SMARTS) is 1. The van der Waals surface area contributed by atoms with Crippen molar-refractivity contribution in [1.82, 2.24) is 0 Å². The Morgan fingerprint density at radius 2 is 1.58 bits per heavy atom. The summed E-state index contributed by atoms with van der Waals surface area (Å²) in [6, 6.07) is 12.0. The molecule has 2 aromatic rings. The molecule has 1 atom stereocenters. The number of amides is 1. The van der Waals surface area contributed by atoms with E-state index in [-0.39, 0.29) is 12.2 Å². The molecule has 0 saturated carbocycles. The molecule has 0 bridgehead atoms. The average molecular weight is 340 g/mol. The molecule has 2 rings (SSSR count). The molecule has 24 heavy (non-hydrogen) atoms. The summed E-state index contributed by atoms with van der Waals surface area (Å²) in [6.07, 6.45) is -4.40. The van der Waals surface area contributed by atoms with Crippen LogP contribution in [0.15, 0.2) is 54.6 Å². The van der Waals surface area contributed by atoms with E-state index in [9.17, 15) is 18.0 Å². The second-order valence-corrected chi connectivity index (χ2v) is 4.56. The van der Waals surface area contributed by atoms with Gasteiger partial charge in [0, 0.05) is 5.69 Å². The molecule has 0 heterocycles. The van der Waals surface area contributed by atoms with Gasteiger partial charge in [-0.05, 0) is 29.8 Å². The monoisotopic (exact) mass is 340 g/mol. The molecular formula is C16H15F3N2O3. The highest BCUT2D eigenvalue weighted by Gasteiger charge is 2.30. The first-order chi connectivity index (χ1) is 11.3. The highest BCUT2D eigenvalue weighted by Crippen LogP contribution is 2.29. The van der Waals surface area contributed by atoms with Crippen molar-refractivity contribution in [3.63, 3.8) is 0 Å². The van der Waals surface area contributed by atoms with Crippen molar-refractivity contribution in [2.45, 2.75) is 12.2 Å². The van der Waals surface area contributed by atoms with E-state index >= 15 is 0 Å². The second-order valence-electron chi connectivity index (χ2n) is 4.56. The van der Waals surface area contributed by atoms with Crippen LogP contribution in [0, 0.1) is 0 Å². The van der Waals surface area contributed by atoms with E-state index in [4.69, 9.17) is 15.6 Å². The van der Waals surface area contributed by atoms with Crippen LogP contribution in [0.2, 0.25) is 0 Å². The molecule has 128 valence electrons. The minimum Gasteiger partial charge on any atom is -0.483 e. The first-order valence-electron chi connectivity index (χ1n) is 6.66. The number of hydrogen-bond acceptors (Lipinski definition) is 3. The Balaban J connectivity index is 0.000000891. The molecule has 0 aliphatic rings. The number of carbonyl (C=O) groups excluding carboxylic acids is 1. The number of nitrogens with one attached hydrogen (secondary N) is 1. The number of nitrogens with two attached hydrogens (primary N) is 1. The Bertz CT molecular complexity index is 659. The SMILES string of the molecule is NC(C(=O)Nc1ccc(C(F)(F)F)cc1)c1ccccc1.O=CO. The van der Waals surface area contributed by atoms with Gasteiger partial charge >= 0.3 is 6.18 Å². The maximum Gasteiger partial charge on any atom is 0.416 e. The molecule has 0 aliphatic carbocycles. The molecule has 0 saturated heterocycles. The van der Waals surface area contributed by atoms with Crippen molar-refractivity contribution >= 4 is 18.1 Å². The normalized spacial score (nSPS) is 11.7. The van der Waals surface area contributed by atoms with Crippen molar-refractivity contribution in [1.29, 1.82) is 0 Å². The number of benzene rings is 2.